The summed E-state index contributed by atoms with van der Waals surface area (Å²) in [6.45, 7) is 2.78. The summed E-state index contributed by atoms with van der Waals surface area (Å²) in [4.78, 5) is 20.0. The molecule has 3 rings (SSSR count). The van der Waals surface area contributed by atoms with Gasteiger partial charge in [0.05, 0.1) is 13.6 Å². The minimum Gasteiger partial charge on any atom is -0.448 e. The summed E-state index contributed by atoms with van der Waals surface area (Å²) < 4.78 is 10.4. The highest BCUT2D eigenvalue weighted by Crippen LogP contribution is 2.21. The second-order valence-electron chi connectivity index (χ2n) is 5.56. The summed E-state index contributed by atoms with van der Waals surface area (Å²) in [7, 11) is 1.92. The topological polar surface area (TPSA) is 113 Å². The zero-order valence-electron chi connectivity index (χ0n) is 14.2. The van der Waals surface area contributed by atoms with Crippen molar-refractivity contribution in [1.29, 1.82) is 0 Å². The van der Waals surface area contributed by atoms with Crippen LogP contribution in [-0.2, 0) is 24.9 Å². The Bertz CT molecular complexity index is 1020. The Balaban J connectivity index is 1.91. The van der Waals surface area contributed by atoms with Gasteiger partial charge in [-0.25, -0.2) is 23.9 Å². The number of esters is 1. The smallest absolute Gasteiger partial charge is 0.361 e. The fraction of sp³-hybridized carbons (Fsp3) is 0.250. The molecule has 3 aromatic rings. The number of hydrogen-bond acceptors (Lipinski definition) is 6. The molecule has 0 aliphatic rings. The molecular weight excluding hydrogens is 424 g/mol. The van der Waals surface area contributed by atoms with E-state index in [9.17, 15) is 4.79 Å². The number of carbonyl (C=O) groups is 1. The van der Waals surface area contributed by atoms with E-state index in [1.54, 1.807) is 0 Å². The van der Waals surface area contributed by atoms with Gasteiger partial charge in [-0.2, -0.15) is 0 Å². The van der Waals surface area contributed by atoms with Gasteiger partial charge in [0.2, 0.25) is 0 Å². The van der Waals surface area contributed by atoms with Crippen molar-refractivity contribution in [1.82, 2.24) is 14.5 Å². The normalized spacial score (nSPS) is 11.1. The van der Waals surface area contributed by atoms with Crippen LogP contribution in [0.1, 0.15) is 23.2 Å². The van der Waals surface area contributed by atoms with E-state index in [0.717, 1.165) is 27.9 Å². The van der Waals surface area contributed by atoms with Gasteiger partial charge >= 0.3 is 5.97 Å². The average molecular weight is 441 g/mol. The monoisotopic (exact) mass is 439 g/mol. The molecular formula is C16H17BrClN6O2+. The first kappa shape index (κ1) is 18.4. The molecule has 4 N–H and O–H groups in total. The van der Waals surface area contributed by atoms with Gasteiger partial charge in [0.15, 0.2) is 40.1 Å². The number of carbonyl (C=O) groups excluding carboxylic acids is 1. The molecule has 0 bridgehead atoms. The number of fused-ring (bicyclic) bond motifs is 1. The molecule has 0 fully saturated rings. The first-order chi connectivity index (χ1) is 12.3. The Morgan fingerprint density at radius 2 is 2.08 bits per heavy atom. The minimum absolute atomic E-state index is 0.0381. The highest BCUT2D eigenvalue weighted by molar-refractivity contribution is 9.10. The van der Waals surface area contributed by atoms with Crippen molar-refractivity contribution in [2.24, 2.45) is 7.05 Å². The van der Waals surface area contributed by atoms with E-state index in [1.807, 2.05) is 36.7 Å². The first-order valence-electron chi connectivity index (χ1n) is 7.75. The Morgan fingerprint density at radius 3 is 2.77 bits per heavy atom. The lowest BCUT2D eigenvalue weighted by molar-refractivity contribution is -0.656. The van der Waals surface area contributed by atoms with E-state index in [0.29, 0.717) is 0 Å². The van der Waals surface area contributed by atoms with Crippen molar-refractivity contribution < 1.29 is 14.1 Å². The van der Waals surface area contributed by atoms with Crippen LogP contribution in [-0.4, -0.2) is 20.5 Å². The van der Waals surface area contributed by atoms with Crippen molar-refractivity contribution in [2.45, 2.75) is 20.1 Å². The number of nitrogen functional groups attached to an aromatic ring is 2. The minimum atomic E-state index is -0.717. The van der Waals surface area contributed by atoms with Gasteiger partial charge in [0, 0.05) is 10.5 Å². The maximum absolute atomic E-state index is 12.4. The highest BCUT2D eigenvalue weighted by Gasteiger charge is 2.25. The van der Waals surface area contributed by atoms with Crippen LogP contribution in [0.25, 0.3) is 11.0 Å². The molecule has 0 amide bonds. The molecule has 0 atom stereocenters. The van der Waals surface area contributed by atoms with Crippen LogP contribution in [0.4, 0.5) is 11.6 Å². The molecule has 0 aliphatic carbocycles. The van der Waals surface area contributed by atoms with Crippen molar-refractivity contribution in [3.8, 4) is 0 Å². The largest absolute Gasteiger partial charge is 0.448 e. The zero-order valence-corrected chi connectivity index (χ0v) is 16.5. The van der Waals surface area contributed by atoms with Gasteiger partial charge < -0.3 is 16.2 Å². The van der Waals surface area contributed by atoms with Crippen LogP contribution in [0.5, 0.6) is 0 Å². The lowest BCUT2D eigenvalue weighted by Gasteiger charge is -2.06. The van der Waals surface area contributed by atoms with Crippen LogP contribution in [0.3, 0.4) is 0 Å². The number of aromatic nitrogens is 4. The quantitative estimate of drug-likeness (QED) is 0.475. The lowest BCUT2D eigenvalue weighted by Crippen LogP contribution is -2.34. The number of rotatable bonds is 4. The molecule has 0 saturated carbocycles. The Morgan fingerprint density at radius 1 is 1.35 bits per heavy atom. The second-order valence-corrected chi connectivity index (χ2v) is 6.84. The fourth-order valence-corrected chi connectivity index (χ4v) is 3.25. The molecule has 0 unspecified atom stereocenters. The van der Waals surface area contributed by atoms with Crippen LogP contribution >= 0.6 is 27.5 Å². The Kier molecular flexibility index (Phi) is 5.01. The molecule has 0 spiro atoms. The maximum atomic E-state index is 12.4. The van der Waals surface area contributed by atoms with Gasteiger partial charge in [0.25, 0.3) is 5.82 Å². The number of halogens is 2. The van der Waals surface area contributed by atoms with Gasteiger partial charge in [-0.05, 0) is 19.1 Å². The molecule has 8 nitrogen and oxygen atoms in total. The molecule has 10 heteroatoms. The predicted octanol–water partition coefficient (Wildman–Crippen LogP) is 2.21. The van der Waals surface area contributed by atoms with Gasteiger partial charge in [0.1, 0.15) is 0 Å². The third-order valence-electron chi connectivity index (χ3n) is 4.04. The maximum Gasteiger partial charge on any atom is 0.361 e. The van der Waals surface area contributed by atoms with E-state index in [2.05, 4.69) is 30.5 Å². The molecule has 2 aromatic heterocycles. The third kappa shape index (κ3) is 3.19. The lowest BCUT2D eigenvalue weighted by atomic mass is 10.3. The number of nitrogens with zero attached hydrogens (tertiary/aromatic N) is 4. The van der Waals surface area contributed by atoms with Crippen LogP contribution in [0, 0.1) is 0 Å². The molecule has 0 radical (unpaired) electrons. The summed E-state index contributed by atoms with van der Waals surface area (Å²) in [5, 5.41) is -0.0933. The predicted molar refractivity (Wildman–Crippen MR) is 101 cm³/mol. The van der Waals surface area contributed by atoms with Crippen LogP contribution < -0.4 is 16.0 Å². The first-order valence-corrected chi connectivity index (χ1v) is 8.92. The SMILES string of the molecule is CCn1c(COC(=O)c2nc(Cl)c(N)nc2N)[n+](C)c2ccc(Br)cc21. The molecule has 26 heavy (non-hydrogen) atoms. The number of benzene rings is 1. The standard InChI is InChI=1S/C16H16BrClN6O2/c1-3-24-10-6-8(17)4-5-9(10)23(2)11(24)7-26-16(25)12-14(19)22-15(20)13(18)21-12/h4-6H,3,7H2,1-2H3,(H3-,19,20,22,25)/p+1. The number of ether oxygens (including phenoxy) is 1. The average Bonchev–Trinajstić information content (AvgIpc) is 2.86. The summed E-state index contributed by atoms with van der Waals surface area (Å²) in [5.41, 5.74) is 13.1. The van der Waals surface area contributed by atoms with Crippen LogP contribution in [0.15, 0.2) is 22.7 Å². The van der Waals surface area contributed by atoms with Crippen molar-refractivity contribution in [2.75, 3.05) is 11.5 Å². The molecule has 1 aromatic carbocycles. The molecule has 2 heterocycles. The number of anilines is 2. The second kappa shape index (κ2) is 7.08. The number of nitrogens with two attached hydrogens (primary N) is 2. The molecule has 0 aliphatic heterocycles. The fourth-order valence-electron chi connectivity index (χ4n) is 2.77. The van der Waals surface area contributed by atoms with Gasteiger partial charge in [-0.3, -0.25) is 0 Å². The van der Waals surface area contributed by atoms with Crippen LogP contribution in [0.2, 0.25) is 5.15 Å². The third-order valence-corrected chi connectivity index (χ3v) is 4.81. The van der Waals surface area contributed by atoms with E-state index in [1.165, 1.54) is 0 Å². The van der Waals surface area contributed by atoms with Crippen molar-refractivity contribution in [3.63, 3.8) is 0 Å². The number of hydrogen-bond donors (Lipinski definition) is 2. The summed E-state index contributed by atoms with van der Waals surface area (Å²) in [6, 6.07) is 5.98. The number of aryl methyl sites for hydroxylation is 2. The number of imidazole rings is 1. The summed E-state index contributed by atoms with van der Waals surface area (Å²) in [5.74, 6) is -0.0574. The van der Waals surface area contributed by atoms with E-state index in [4.69, 9.17) is 27.8 Å². The zero-order chi connectivity index (χ0) is 19.0. The van der Waals surface area contributed by atoms with Gasteiger partial charge in [-0.15, -0.1) is 0 Å². The van der Waals surface area contributed by atoms with E-state index < -0.39 is 5.97 Å². The Labute approximate surface area is 162 Å². The highest BCUT2D eigenvalue weighted by atomic mass is 79.9. The van der Waals surface area contributed by atoms with Crippen molar-refractivity contribution >= 4 is 56.2 Å². The summed E-state index contributed by atoms with van der Waals surface area (Å²) in [6.07, 6.45) is 0. The van der Waals surface area contributed by atoms with Gasteiger partial charge in [-0.1, -0.05) is 27.5 Å². The van der Waals surface area contributed by atoms with Crippen molar-refractivity contribution in [3.05, 3.63) is 39.3 Å². The van der Waals surface area contributed by atoms with E-state index >= 15 is 0 Å². The molecule has 136 valence electrons. The van der Waals surface area contributed by atoms with E-state index in [-0.39, 0.29) is 29.1 Å². The molecule has 0 saturated heterocycles. The Hall–Kier alpha value is -2.39. The summed E-state index contributed by atoms with van der Waals surface area (Å²) >= 11 is 9.30.